The first kappa shape index (κ1) is 24.4. The first-order chi connectivity index (χ1) is 12.0. The first-order valence-corrected chi connectivity index (χ1v) is 8.47. The molecule has 0 bridgehead atoms. The van der Waals surface area contributed by atoms with Gasteiger partial charge in [-0.15, -0.1) is 0 Å². The largest absolute Gasteiger partial charge is 0.481 e. The molecule has 0 aliphatic rings. The maximum absolute atomic E-state index is 12.1. The molecule has 152 valence electrons. The molecular formula is C16H32N4O6. The van der Waals surface area contributed by atoms with Crippen molar-refractivity contribution in [3.63, 3.8) is 0 Å². The van der Waals surface area contributed by atoms with Crippen LogP contribution < -0.4 is 11.5 Å². The van der Waals surface area contributed by atoms with E-state index in [1.807, 2.05) is 0 Å². The van der Waals surface area contributed by atoms with Crippen LogP contribution >= 0.6 is 0 Å². The first-order valence-electron chi connectivity index (χ1n) is 8.47. The fourth-order valence-electron chi connectivity index (χ4n) is 2.51. The number of Topliss-reactive ketones (excluding diaryl/α,β-unsaturated/α-hetero) is 1. The van der Waals surface area contributed by atoms with Crippen LogP contribution in [0.2, 0.25) is 0 Å². The minimum Gasteiger partial charge on any atom is -0.481 e. The lowest BCUT2D eigenvalue weighted by Crippen LogP contribution is -2.49. The summed E-state index contributed by atoms with van der Waals surface area (Å²) in [5.74, 6) is -3.70. The van der Waals surface area contributed by atoms with E-state index in [0.717, 1.165) is 0 Å². The Kier molecular flexibility index (Phi) is 11.2. The third-order valence-corrected chi connectivity index (χ3v) is 4.25. The summed E-state index contributed by atoms with van der Waals surface area (Å²) in [4.78, 5) is 34.3. The highest BCUT2D eigenvalue weighted by atomic mass is 16.4. The van der Waals surface area contributed by atoms with Crippen LogP contribution in [0.3, 0.4) is 0 Å². The van der Waals surface area contributed by atoms with Crippen LogP contribution in [0.15, 0.2) is 0 Å². The molecule has 0 aliphatic heterocycles. The van der Waals surface area contributed by atoms with Crippen molar-refractivity contribution in [3.8, 4) is 0 Å². The number of hydrogen-bond donors (Lipinski definition) is 5. The minimum absolute atomic E-state index is 0.0205. The normalized spacial score (nSPS) is 16.3. The summed E-state index contributed by atoms with van der Waals surface area (Å²) in [5, 5.41) is 30.9. The molecule has 1 amide bonds. The van der Waals surface area contributed by atoms with Crippen molar-refractivity contribution in [3.05, 3.63) is 0 Å². The average molecular weight is 376 g/mol. The number of carbonyl (C=O) groups excluding carboxylic acids is 2. The van der Waals surface area contributed by atoms with Crippen LogP contribution in [0.5, 0.6) is 0 Å². The molecule has 10 heteroatoms. The van der Waals surface area contributed by atoms with E-state index in [1.165, 1.54) is 0 Å². The number of carboxylic acid groups (broad SMARTS) is 1. The van der Waals surface area contributed by atoms with Crippen LogP contribution in [0.25, 0.3) is 0 Å². The van der Waals surface area contributed by atoms with Crippen molar-refractivity contribution in [1.82, 2.24) is 10.0 Å². The number of hydrogen-bond acceptors (Lipinski definition) is 8. The number of aliphatic carboxylic acids is 1. The number of carboxylic acids is 1. The molecule has 26 heavy (non-hydrogen) atoms. The Morgan fingerprint density at radius 3 is 2.00 bits per heavy atom. The second-order valence-electron chi connectivity index (χ2n) is 6.79. The molecule has 0 aromatic heterocycles. The van der Waals surface area contributed by atoms with E-state index in [2.05, 4.69) is 0 Å². The molecule has 0 aromatic rings. The Labute approximate surface area is 153 Å². The third kappa shape index (κ3) is 9.78. The molecule has 0 rings (SSSR count). The molecule has 7 N–H and O–H groups in total. The summed E-state index contributed by atoms with van der Waals surface area (Å²) in [7, 11) is 3.51. The van der Waals surface area contributed by atoms with Crippen molar-refractivity contribution in [2.75, 3.05) is 33.8 Å². The van der Waals surface area contributed by atoms with Crippen molar-refractivity contribution in [1.29, 1.82) is 0 Å². The number of aliphatic hydroxyl groups is 2. The topological polar surface area (TPSA) is 170 Å². The van der Waals surface area contributed by atoms with E-state index in [0.29, 0.717) is 13.1 Å². The summed E-state index contributed by atoms with van der Waals surface area (Å²) in [6, 6.07) is -0.459. The number of rotatable bonds is 14. The smallest absolute Gasteiger partial charge is 0.309 e. The minimum atomic E-state index is -1.24. The van der Waals surface area contributed by atoms with Gasteiger partial charge >= 0.3 is 5.97 Å². The molecule has 0 heterocycles. The summed E-state index contributed by atoms with van der Waals surface area (Å²) < 4.78 is 0. The van der Waals surface area contributed by atoms with Gasteiger partial charge in [0.1, 0.15) is 5.78 Å². The van der Waals surface area contributed by atoms with E-state index in [1.54, 1.807) is 31.0 Å². The third-order valence-electron chi connectivity index (χ3n) is 4.25. The predicted octanol–water partition coefficient (Wildman–Crippen LogP) is -1.99. The number of likely N-dealkylation sites (N-methyl/N-ethyl adjacent to an activating group) is 1. The quantitative estimate of drug-likeness (QED) is 0.215. The van der Waals surface area contributed by atoms with E-state index in [9.17, 15) is 19.5 Å². The van der Waals surface area contributed by atoms with Gasteiger partial charge < -0.3 is 26.8 Å². The molecule has 0 fully saturated rings. The van der Waals surface area contributed by atoms with Crippen LogP contribution in [-0.2, 0) is 14.4 Å². The maximum atomic E-state index is 12.1. The number of aliphatic hydroxyl groups excluding tert-OH is 2. The number of amides is 1. The number of nitrogens with zero attached hydrogens (tertiary/aromatic N) is 2. The van der Waals surface area contributed by atoms with Crippen LogP contribution in [0.4, 0.5) is 0 Å². The number of nitrogens with two attached hydrogens (primary N) is 2. The Bertz CT molecular complexity index is 474. The maximum Gasteiger partial charge on any atom is 0.309 e. The second kappa shape index (κ2) is 11.9. The second-order valence-corrected chi connectivity index (χ2v) is 6.79. The van der Waals surface area contributed by atoms with Crippen LogP contribution in [0.1, 0.15) is 26.2 Å². The zero-order valence-corrected chi connectivity index (χ0v) is 15.7. The van der Waals surface area contributed by atoms with Crippen molar-refractivity contribution >= 4 is 17.7 Å². The van der Waals surface area contributed by atoms with Gasteiger partial charge in [-0.2, -0.15) is 0 Å². The highest BCUT2D eigenvalue weighted by Gasteiger charge is 2.25. The van der Waals surface area contributed by atoms with Gasteiger partial charge in [-0.25, -0.2) is 10.0 Å². The van der Waals surface area contributed by atoms with Crippen molar-refractivity contribution in [2.45, 2.75) is 38.3 Å². The fraction of sp³-hybridized carbons (Fsp3) is 0.812. The average Bonchev–Trinajstić information content (AvgIpc) is 2.50. The number of ketones is 1. The van der Waals surface area contributed by atoms with Gasteiger partial charge in [0.05, 0.1) is 18.6 Å². The molecule has 0 saturated carbocycles. The van der Waals surface area contributed by atoms with E-state index >= 15 is 0 Å². The van der Waals surface area contributed by atoms with Gasteiger partial charge in [0.2, 0.25) is 5.91 Å². The van der Waals surface area contributed by atoms with Gasteiger partial charge in [-0.1, -0.05) is 0 Å². The van der Waals surface area contributed by atoms with E-state index < -0.39 is 42.5 Å². The highest BCUT2D eigenvalue weighted by Crippen LogP contribution is 2.15. The SMILES string of the molecule is CC(O)[C@H](N)CN(C)N(C)C[C@H](CC(N)=O)CC(=O)C[C@@H](CO)C(=O)O. The zero-order valence-electron chi connectivity index (χ0n) is 15.7. The lowest BCUT2D eigenvalue weighted by atomic mass is 9.93. The summed E-state index contributed by atoms with van der Waals surface area (Å²) in [6.45, 7) is 1.67. The van der Waals surface area contributed by atoms with Crippen molar-refractivity contribution < 1.29 is 29.7 Å². The molecule has 1 unspecified atom stereocenters. The summed E-state index contributed by atoms with van der Waals surface area (Å²) in [6.07, 6.45) is -1.02. The summed E-state index contributed by atoms with van der Waals surface area (Å²) >= 11 is 0. The predicted molar refractivity (Wildman–Crippen MR) is 94.7 cm³/mol. The molecule has 0 aromatic carbocycles. The Morgan fingerprint density at radius 2 is 1.58 bits per heavy atom. The monoisotopic (exact) mass is 376 g/mol. The molecular weight excluding hydrogens is 344 g/mol. The van der Waals surface area contributed by atoms with E-state index in [4.69, 9.17) is 21.7 Å². The van der Waals surface area contributed by atoms with Gasteiger partial charge in [-0.05, 0) is 12.8 Å². The lowest BCUT2D eigenvalue weighted by Gasteiger charge is -2.33. The van der Waals surface area contributed by atoms with E-state index in [-0.39, 0.29) is 25.0 Å². The van der Waals surface area contributed by atoms with Crippen LogP contribution in [-0.4, -0.2) is 88.9 Å². The van der Waals surface area contributed by atoms with Gasteiger partial charge in [0.15, 0.2) is 0 Å². The number of carbonyl (C=O) groups is 3. The molecule has 0 radical (unpaired) electrons. The Balaban J connectivity index is 4.80. The highest BCUT2D eigenvalue weighted by molar-refractivity contribution is 5.84. The van der Waals surface area contributed by atoms with Crippen LogP contribution in [0, 0.1) is 11.8 Å². The molecule has 0 spiro atoms. The Hall–Kier alpha value is -1.59. The van der Waals surface area contributed by atoms with Gasteiger partial charge in [0.25, 0.3) is 0 Å². The fourth-order valence-corrected chi connectivity index (χ4v) is 2.51. The summed E-state index contributed by atoms with van der Waals surface area (Å²) in [5.41, 5.74) is 11.1. The molecule has 0 aliphatic carbocycles. The molecule has 0 saturated heterocycles. The molecule has 4 atom stereocenters. The Morgan fingerprint density at radius 1 is 1.04 bits per heavy atom. The number of primary amides is 1. The van der Waals surface area contributed by atoms with Gasteiger partial charge in [-0.3, -0.25) is 14.4 Å². The number of hydrazine groups is 1. The molecule has 10 nitrogen and oxygen atoms in total. The zero-order chi connectivity index (χ0) is 20.4. The van der Waals surface area contributed by atoms with Crippen molar-refractivity contribution in [2.24, 2.45) is 23.3 Å². The van der Waals surface area contributed by atoms with Gasteiger partial charge in [0, 0.05) is 52.5 Å². The standard InChI is InChI=1S/C16H32N4O6/c1-10(22)14(17)8-20(3)19(2)7-11(5-15(18)24)4-13(23)6-12(9-21)16(25)26/h10-12,14,21-22H,4-9,17H2,1-3H3,(H2,18,24)(H,25,26)/t10?,11-,12-,14+/m0/s1. The lowest BCUT2D eigenvalue weighted by molar-refractivity contribution is -0.145.